The molecule has 4 N–H and O–H groups in total. The smallest absolute Gasteiger partial charge is 0.405 e. The Bertz CT molecular complexity index is 1200. The van der Waals surface area contributed by atoms with Crippen molar-refractivity contribution < 1.29 is 42.5 Å². The van der Waals surface area contributed by atoms with Gasteiger partial charge < -0.3 is 24.9 Å². The lowest BCUT2D eigenvalue weighted by Gasteiger charge is -2.30. The Morgan fingerprint density at radius 2 is 1.74 bits per heavy atom. The van der Waals surface area contributed by atoms with Crippen LogP contribution in [0.2, 0.25) is 5.02 Å². The topological polar surface area (TPSA) is 125 Å². The number of rotatable bonds is 6. The summed E-state index contributed by atoms with van der Waals surface area (Å²) in [6.07, 6.45) is -5.75. The molecule has 34 heavy (non-hydrogen) atoms. The lowest BCUT2D eigenvalue weighted by Crippen LogP contribution is -2.43. The van der Waals surface area contributed by atoms with Crippen molar-refractivity contribution in [1.29, 1.82) is 0 Å². The van der Waals surface area contributed by atoms with Gasteiger partial charge in [-0.15, -0.1) is 0 Å². The fraction of sp³-hybridized carbons (Fsp3) is 0.368. The molecule has 0 aliphatic rings. The molecular formula is C19H16B2ClF4N3O5. The Hall–Kier alpha value is -2.38. The molecule has 0 aliphatic heterocycles. The van der Waals surface area contributed by atoms with Crippen LogP contribution in [0.25, 0.3) is 22.6 Å². The maximum absolute atomic E-state index is 14.5. The quantitative estimate of drug-likeness (QED) is 0.233. The average Bonchev–Trinajstić information content (AvgIpc) is 3.23. The van der Waals surface area contributed by atoms with E-state index in [1.165, 1.54) is 12.1 Å². The number of benzene rings is 1. The molecule has 0 bridgehead atoms. The van der Waals surface area contributed by atoms with Gasteiger partial charge in [-0.05, 0) is 26.0 Å². The maximum Gasteiger partial charge on any atom is 0.433 e. The fourth-order valence-electron chi connectivity index (χ4n) is 3.45. The number of halogens is 5. The second-order valence-electron chi connectivity index (χ2n) is 8.24. The second-order valence-corrected chi connectivity index (χ2v) is 8.64. The monoisotopic (exact) mass is 499 g/mol. The van der Waals surface area contributed by atoms with Crippen LogP contribution in [-0.4, -0.2) is 56.7 Å². The number of alkyl halides is 3. The van der Waals surface area contributed by atoms with Crippen molar-refractivity contribution in [2.45, 2.75) is 43.4 Å². The van der Waals surface area contributed by atoms with E-state index in [2.05, 4.69) is 10.3 Å². The first-order valence-corrected chi connectivity index (χ1v) is 9.80. The molecule has 0 atom stereocenters. The molecule has 2 heterocycles. The van der Waals surface area contributed by atoms with Crippen LogP contribution in [0, 0.1) is 5.82 Å². The van der Waals surface area contributed by atoms with Crippen LogP contribution in [0.4, 0.5) is 17.6 Å². The van der Waals surface area contributed by atoms with Crippen molar-refractivity contribution in [3.05, 3.63) is 46.5 Å². The fourth-order valence-corrected chi connectivity index (χ4v) is 3.71. The van der Waals surface area contributed by atoms with E-state index in [-0.39, 0.29) is 9.70 Å². The SMILES string of the molecule is [B]C([B])(O)c1c(-c2c(F)cccc2Cl)noc1-c1cnn(C(O)(O)CC(C)(C)O)c1C(F)(F)F. The standard InChI is InChI=1S/C19H16B2ClF4N3O5/c1-16(2,30)7-17(31,32)29-15(19(24,25)26)8(6-27-29)14-12(18(20,21)33)13(28-34-14)11-9(22)4-3-5-10(11)23/h3-6,30-33H,7H2,1-2H3. The van der Waals surface area contributed by atoms with Crippen molar-refractivity contribution in [2.75, 3.05) is 0 Å². The molecule has 0 fully saturated rings. The minimum Gasteiger partial charge on any atom is -0.405 e. The lowest BCUT2D eigenvalue weighted by molar-refractivity contribution is -0.270. The van der Waals surface area contributed by atoms with E-state index in [1.54, 1.807) is 0 Å². The van der Waals surface area contributed by atoms with Gasteiger partial charge in [0.05, 0.1) is 34.4 Å². The Kier molecular flexibility index (Phi) is 6.46. The minimum absolute atomic E-state index is 0.200. The summed E-state index contributed by atoms with van der Waals surface area (Å²) in [5.41, 5.74) is -6.40. The Labute approximate surface area is 197 Å². The molecule has 15 heteroatoms. The summed E-state index contributed by atoms with van der Waals surface area (Å²) in [4.78, 5) is 0. The predicted molar refractivity (Wildman–Crippen MR) is 112 cm³/mol. The third kappa shape index (κ3) is 5.01. The summed E-state index contributed by atoms with van der Waals surface area (Å²) >= 11 is 6.00. The Morgan fingerprint density at radius 1 is 1.12 bits per heavy atom. The molecule has 2 aromatic heterocycles. The van der Waals surface area contributed by atoms with Gasteiger partial charge in [-0.1, -0.05) is 22.8 Å². The first kappa shape index (κ1) is 26.2. The van der Waals surface area contributed by atoms with E-state index in [4.69, 9.17) is 31.8 Å². The van der Waals surface area contributed by atoms with Crippen molar-refractivity contribution >= 4 is 27.3 Å². The zero-order chi connectivity index (χ0) is 25.9. The van der Waals surface area contributed by atoms with Crippen molar-refractivity contribution in [1.82, 2.24) is 14.9 Å². The molecule has 0 amide bonds. The second kappa shape index (κ2) is 8.38. The number of aromatic nitrogens is 3. The van der Waals surface area contributed by atoms with Crippen LogP contribution in [0.3, 0.4) is 0 Å². The van der Waals surface area contributed by atoms with Crippen molar-refractivity contribution in [2.24, 2.45) is 0 Å². The highest BCUT2D eigenvalue weighted by Crippen LogP contribution is 2.45. The number of nitrogens with zero attached hydrogens (tertiary/aromatic N) is 3. The van der Waals surface area contributed by atoms with Gasteiger partial charge in [0.15, 0.2) is 11.5 Å². The molecular weight excluding hydrogens is 483 g/mol. The lowest BCUT2D eigenvalue weighted by atomic mass is 9.60. The summed E-state index contributed by atoms with van der Waals surface area (Å²) in [7, 11) is 11.1. The Morgan fingerprint density at radius 3 is 2.24 bits per heavy atom. The van der Waals surface area contributed by atoms with Crippen LogP contribution in [-0.2, 0) is 17.5 Å². The maximum atomic E-state index is 14.5. The van der Waals surface area contributed by atoms with Gasteiger partial charge in [0, 0.05) is 11.0 Å². The predicted octanol–water partition coefficient (Wildman–Crippen LogP) is 2.21. The summed E-state index contributed by atoms with van der Waals surface area (Å²) in [5.74, 6) is -5.18. The van der Waals surface area contributed by atoms with E-state index in [0.717, 1.165) is 19.9 Å². The van der Waals surface area contributed by atoms with Crippen molar-refractivity contribution in [3.8, 4) is 22.6 Å². The van der Waals surface area contributed by atoms with Gasteiger partial charge in [0.1, 0.15) is 27.2 Å². The molecule has 3 aromatic rings. The average molecular weight is 499 g/mol. The largest absolute Gasteiger partial charge is 0.433 e. The molecule has 8 nitrogen and oxygen atoms in total. The van der Waals surface area contributed by atoms with Gasteiger partial charge in [-0.25, -0.2) is 9.07 Å². The van der Waals surface area contributed by atoms with Crippen LogP contribution in [0.15, 0.2) is 28.9 Å². The van der Waals surface area contributed by atoms with Crippen molar-refractivity contribution in [3.63, 3.8) is 0 Å². The third-order valence-corrected chi connectivity index (χ3v) is 4.90. The van der Waals surface area contributed by atoms with E-state index < -0.39 is 69.2 Å². The third-order valence-electron chi connectivity index (χ3n) is 4.58. The molecule has 0 saturated carbocycles. The van der Waals surface area contributed by atoms with Gasteiger partial charge in [0.2, 0.25) is 0 Å². The highest BCUT2D eigenvalue weighted by molar-refractivity contribution is 6.39. The highest BCUT2D eigenvalue weighted by atomic mass is 35.5. The van der Waals surface area contributed by atoms with E-state index in [9.17, 15) is 38.0 Å². The minimum atomic E-state index is -5.29. The van der Waals surface area contributed by atoms with E-state index in [0.29, 0.717) is 6.20 Å². The van der Waals surface area contributed by atoms with Gasteiger partial charge >= 0.3 is 6.18 Å². The zero-order valence-electron chi connectivity index (χ0n) is 17.6. The first-order chi connectivity index (χ1) is 15.3. The normalized spacial score (nSPS) is 13.5. The molecule has 4 radical (unpaired) electrons. The molecule has 0 saturated heterocycles. The number of hydrogen-bond donors (Lipinski definition) is 4. The van der Waals surface area contributed by atoms with Crippen LogP contribution in [0.5, 0.6) is 0 Å². The van der Waals surface area contributed by atoms with Crippen LogP contribution < -0.4 is 0 Å². The number of hydrogen-bond acceptors (Lipinski definition) is 7. The molecule has 0 spiro atoms. The molecule has 0 aliphatic carbocycles. The summed E-state index contributed by atoms with van der Waals surface area (Å²) in [5, 5.41) is 44.5. The first-order valence-electron chi connectivity index (χ1n) is 9.42. The van der Waals surface area contributed by atoms with E-state index >= 15 is 0 Å². The summed E-state index contributed by atoms with van der Waals surface area (Å²) < 4.78 is 61.5. The van der Waals surface area contributed by atoms with Gasteiger partial charge in [-0.2, -0.15) is 18.3 Å². The molecule has 3 rings (SSSR count). The molecule has 0 unspecified atom stereocenters. The zero-order valence-corrected chi connectivity index (χ0v) is 18.4. The summed E-state index contributed by atoms with van der Waals surface area (Å²) in [6.45, 7) is 2.27. The van der Waals surface area contributed by atoms with Crippen LogP contribution in [0.1, 0.15) is 31.5 Å². The van der Waals surface area contributed by atoms with Gasteiger partial charge in [-0.3, -0.25) is 0 Å². The highest BCUT2D eigenvalue weighted by Gasteiger charge is 2.47. The molecule has 178 valence electrons. The Balaban J connectivity index is 2.34. The van der Waals surface area contributed by atoms with Crippen LogP contribution >= 0.6 is 11.6 Å². The molecule has 1 aromatic carbocycles. The number of aliphatic hydroxyl groups is 4. The summed E-state index contributed by atoms with van der Waals surface area (Å²) in [6, 6.07) is 3.45. The van der Waals surface area contributed by atoms with E-state index in [1.807, 2.05) is 0 Å². The van der Waals surface area contributed by atoms with Gasteiger partial charge in [0.25, 0.3) is 5.91 Å².